The second-order valence-corrected chi connectivity index (χ2v) is 11.0. The molecule has 0 bridgehead atoms. The summed E-state index contributed by atoms with van der Waals surface area (Å²) in [6, 6.07) is 11.8. The first-order valence-corrected chi connectivity index (χ1v) is 14.9. The van der Waals surface area contributed by atoms with Gasteiger partial charge >= 0.3 is 12.0 Å². The molecule has 0 radical (unpaired) electrons. The van der Waals surface area contributed by atoms with Gasteiger partial charge in [-0.05, 0) is 31.2 Å². The van der Waals surface area contributed by atoms with Crippen molar-refractivity contribution in [3.05, 3.63) is 83.7 Å². The minimum absolute atomic E-state index is 0.0482. The summed E-state index contributed by atoms with van der Waals surface area (Å²) in [6.45, 7) is 0.375. The van der Waals surface area contributed by atoms with Crippen molar-refractivity contribution in [2.45, 2.75) is 44.3 Å². The van der Waals surface area contributed by atoms with Crippen LogP contribution in [-0.2, 0) is 6.54 Å². The second-order valence-electron chi connectivity index (χ2n) is 10.5. The molecule has 1 aromatic carbocycles. The Morgan fingerprint density at radius 1 is 1.02 bits per heavy atom. The van der Waals surface area contributed by atoms with Crippen LogP contribution in [0, 0.1) is 11.3 Å². The van der Waals surface area contributed by atoms with Gasteiger partial charge in [0.2, 0.25) is 5.95 Å². The van der Waals surface area contributed by atoms with Crippen molar-refractivity contribution in [3.8, 4) is 34.7 Å². The van der Waals surface area contributed by atoms with E-state index < -0.39 is 0 Å². The molecule has 6 rings (SSSR count). The molecular weight excluding hydrogens is 608 g/mol. The highest BCUT2D eigenvalue weighted by Crippen LogP contribution is 2.30. The second kappa shape index (κ2) is 14.0. The first-order chi connectivity index (χ1) is 22.5. The first-order valence-electron chi connectivity index (χ1n) is 14.5. The number of H-pyrrole nitrogens is 1. The first kappa shape index (κ1) is 30.4. The van der Waals surface area contributed by atoms with E-state index in [1.165, 1.54) is 19.5 Å². The molecule has 232 valence electrons. The zero-order chi connectivity index (χ0) is 31.9. The van der Waals surface area contributed by atoms with Gasteiger partial charge in [-0.2, -0.15) is 10.4 Å². The van der Waals surface area contributed by atoms with Gasteiger partial charge in [-0.3, -0.25) is 15.0 Å². The van der Waals surface area contributed by atoms with E-state index in [4.69, 9.17) is 16.3 Å². The summed E-state index contributed by atoms with van der Waals surface area (Å²) in [7, 11) is 1.50. The van der Waals surface area contributed by atoms with Crippen molar-refractivity contribution in [3.63, 3.8) is 0 Å². The van der Waals surface area contributed by atoms with Crippen LogP contribution in [-0.4, -0.2) is 65.3 Å². The van der Waals surface area contributed by atoms with E-state index in [0.29, 0.717) is 58.8 Å². The molecule has 5 aromatic rings. The van der Waals surface area contributed by atoms with Gasteiger partial charge < -0.3 is 15.4 Å². The Bertz CT molecular complexity index is 1820. The number of carbonyl (C=O) groups is 1. The average molecular weight is 637 g/mol. The van der Waals surface area contributed by atoms with E-state index in [9.17, 15) is 10.1 Å². The largest absolute Gasteiger partial charge is 0.467 e. The van der Waals surface area contributed by atoms with Crippen LogP contribution in [0.2, 0.25) is 5.02 Å². The van der Waals surface area contributed by atoms with Crippen LogP contribution >= 0.6 is 11.6 Å². The van der Waals surface area contributed by atoms with Crippen LogP contribution in [0.3, 0.4) is 0 Å². The van der Waals surface area contributed by atoms with Gasteiger partial charge in [-0.15, -0.1) is 0 Å². The maximum atomic E-state index is 13.7. The molecule has 14 nitrogen and oxygen atoms in total. The maximum absolute atomic E-state index is 13.7. The Morgan fingerprint density at radius 3 is 2.46 bits per heavy atom. The Morgan fingerprint density at radius 2 is 1.80 bits per heavy atom. The van der Waals surface area contributed by atoms with Crippen LogP contribution < -0.4 is 20.3 Å². The van der Waals surface area contributed by atoms with Crippen molar-refractivity contribution >= 4 is 29.4 Å². The van der Waals surface area contributed by atoms with E-state index in [-0.39, 0.29) is 29.7 Å². The molecule has 1 aliphatic rings. The molecule has 0 atom stereocenters. The number of amides is 2. The monoisotopic (exact) mass is 636 g/mol. The topological polar surface area (TPSA) is 183 Å². The maximum Gasteiger partial charge on any atom is 0.323 e. The number of anilines is 2. The number of aromatic nitrogens is 8. The van der Waals surface area contributed by atoms with Crippen LogP contribution in [0.5, 0.6) is 6.01 Å². The number of aromatic amines is 1. The molecular formula is C31H29ClN12O2. The number of rotatable bonds is 9. The number of hydrogen-bond donors (Lipinski definition) is 3. The fraction of sp³-hybridized carbons (Fsp3) is 0.258. The SMILES string of the molecule is COc1ncc(-c2cnc(N(C(=O)NCc3ccccc3)C3CCC(Nc4ncc(C#N)c(-c5[nH]ncc5Cl)n4)CC3)cn2)cn1. The highest BCUT2D eigenvalue weighted by atomic mass is 35.5. The average Bonchev–Trinajstić information content (AvgIpc) is 3.54. The summed E-state index contributed by atoms with van der Waals surface area (Å²) < 4.78 is 5.04. The minimum Gasteiger partial charge on any atom is -0.467 e. The van der Waals surface area contributed by atoms with Gasteiger partial charge in [0, 0.05) is 36.6 Å². The van der Waals surface area contributed by atoms with Crippen LogP contribution in [0.25, 0.3) is 22.6 Å². The van der Waals surface area contributed by atoms with E-state index in [1.54, 1.807) is 29.7 Å². The summed E-state index contributed by atoms with van der Waals surface area (Å²) in [6.07, 6.45) is 12.2. The third kappa shape index (κ3) is 6.84. The predicted octanol–water partition coefficient (Wildman–Crippen LogP) is 4.79. The summed E-state index contributed by atoms with van der Waals surface area (Å²) >= 11 is 6.24. The number of benzene rings is 1. The molecule has 15 heteroatoms. The van der Waals surface area contributed by atoms with Gasteiger partial charge in [0.15, 0.2) is 5.82 Å². The lowest BCUT2D eigenvalue weighted by atomic mass is 9.90. The standard InChI is InChI=1S/C31H29ClN12O2/c1-46-30-37-14-21(15-38-30)25-17-35-26(18-34-25)44(31(45)39-12-19-5-3-2-4-6-19)23-9-7-22(8-10-23)41-29-36-13-20(11-33)27(42-29)28-24(32)16-40-43-28/h2-6,13-18,22-23H,7-10,12H2,1H3,(H,39,45)(H,40,43)(H,36,41,42). The van der Waals surface area contributed by atoms with Crippen molar-refractivity contribution in [2.75, 3.05) is 17.3 Å². The summed E-state index contributed by atoms with van der Waals surface area (Å²) in [5, 5.41) is 23.1. The highest BCUT2D eigenvalue weighted by molar-refractivity contribution is 6.32. The summed E-state index contributed by atoms with van der Waals surface area (Å²) in [5.74, 6) is 0.821. The molecule has 0 aliphatic heterocycles. The van der Waals surface area contributed by atoms with Gasteiger partial charge in [-0.25, -0.2) is 29.7 Å². The molecule has 3 N–H and O–H groups in total. The molecule has 4 heterocycles. The predicted molar refractivity (Wildman–Crippen MR) is 170 cm³/mol. The third-order valence-electron chi connectivity index (χ3n) is 7.63. The molecule has 0 saturated heterocycles. The van der Waals surface area contributed by atoms with E-state index >= 15 is 0 Å². The van der Waals surface area contributed by atoms with Gasteiger partial charge in [0.1, 0.15) is 17.5 Å². The lowest BCUT2D eigenvalue weighted by molar-refractivity contribution is 0.240. The fourth-order valence-corrected chi connectivity index (χ4v) is 5.47. The molecule has 1 saturated carbocycles. The van der Waals surface area contributed by atoms with E-state index in [0.717, 1.165) is 18.4 Å². The Hall–Kier alpha value is -5.68. The smallest absolute Gasteiger partial charge is 0.323 e. The molecule has 0 unspecified atom stereocenters. The normalized spacial score (nSPS) is 15.8. The number of methoxy groups -OCH3 is 1. The van der Waals surface area contributed by atoms with Crippen molar-refractivity contribution in [2.24, 2.45) is 0 Å². The van der Waals surface area contributed by atoms with E-state index in [1.807, 2.05) is 30.3 Å². The Kier molecular flexibility index (Phi) is 9.21. The fourth-order valence-electron chi connectivity index (χ4n) is 5.29. The number of nitriles is 1. The van der Waals surface area contributed by atoms with Crippen LogP contribution in [0.4, 0.5) is 16.6 Å². The molecule has 1 fully saturated rings. The lowest BCUT2D eigenvalue weighted by Gasteiger charge is -2.36. The Labute approximate surface area is 269 Å². The molecule has 1 aliphatic carbocycles. The zero-order valence-corrected chi connectivity index (χ0v) is 25.5. The van der Waals surface area contributed by atoms with E-state index in [2.05, 4.69) is 56.8 Å². The molecule has 2 amide bonds. The van der Waals surface area contributed by atoms with Crippen LogP contribution in [0.1, 0.15) is 36.8 Å². The molecule has 46 heavy (non-hydrogen) atoms. The van der Waals surface area contributed by atoms with Crippen molar-refractivity contribution < 1.29 is 9.53 Å². The number of urea groups is 1. The molecule has 4 aromatic heterocycles. The number of carbonyl (C=O) groups excluding carboxylic acids is 1. The van der Waals surface area contributed by atoms with Crippen molar-refractivity contribution in [1.82, 2.24) is 45.4 Å². The zero-order valence-electron chi connectivity index (χ0n) is 24.8. The Balaban J connectivity index is 1.17. The number of hydrogen-bond acceptors (Lipinski definition) is 11. The molecule has 0 spiro atoms. The van der Waals surface area contributed by atoms with Gasteiger partial charge in [0.25, 0.3) is 0 Å². The highest BCUT2D eigenvalue weighted by Gasteiger charge is 2.31. The summed E-state index contributed by atoms with van der Waals surface area (Å²) in [5.41, 5.74) is 3.35. The number of halogens is 1. The number of nitrogens with one attached hydrogen (secondary N) is 3. The quantitative estimate of drug-likeness (QED) is 0.202. The number of nitrogens with zero attached hydrogens (tertiary/aromatic N) is 9. The lowest BCUT2D eigenvalue weighted by Crippen LogP contribution is -2.49. The van der Waals surface area contributed by atoms with Gasteiger partial charge in [0.05, 0.1) is 48.2 Å². The van der Waals surface area contributed by atoms with Gasteiger partial charge in [-0.1, -0.05) is 41.9 Å². The third-order valence-corrected chi connectivity index (χ3v) is 7.92. The van der Waals surface area contributed by atoms with Crippen molar-refractivity contribution in [1.29, 1.82) is 5.26 Å². The van der Waals surface area contributed by atoms with Crippen LogP contribution in [0.15, 0.2) is 67.5 Å². The summed E-state index contributed by atoms with van der Waals surface area (Å²) in [4.78, 5) is 41.7. The number of ether oxygens (including phenoxy) is 1. The minimum atomic E-state index is -0.258.